The van der Waals surface area contributed by atoms with Crippen LogP contribution in [0.15, 0.2) is 47.1 Å². The van der Waals surface area contributed by atoms with Gasteiger partial charge in [0, 0.05) is 31.5 Å². The lowest BCUT2D eigenvalue weighted by Gasteiger charge is -2.02. The van der Waals surface area contributed by atoms with Gasteiger partial charge in [-0.3, -0.25) is 0 Å². The third-order valence-corrected chi connectivity index (χ3v) is 3.17. The molecule has 0 aliphatic heterocycles. The third kappa shape index (κ3) is 3.28. The minimum atomic E-state index is 0.410. The molecule has 0 atom stereocenters. The minimum Gasteiger partial charge on any atom is -0.494 e. The Bertz CT molecular complexity index is 731. The molecule has 2 aromatic heterocycles. The summed E-state index contributed by atoms with van der Waals surface area (Å²) in [5.74, 6) is 1.31. The zero-order valence-electron chi connectivity index (χ0n) is 12.6. The maximum absolute atomic E-state index is 5.62. The highest BCUT2D eigenvalue weighted by atomic mass is 16.5. The molecule has 2 heterocycles. The summed E-state index contributed by atoms with van der Waals surface area (Å²) in [5.41, 5.74) is 2.02. The smallest absolute Gasteiger partial charge is 0.316 e. The van der Waals surface area contributed by atoms with Crippen LogP contribution in [0.2, 0.25) is 0 Å². The van der Waals surface area contributed by atoms with Crippen molar-refractivity contribution in [2.24, 2.45) is 7.05 Å². The zero-order valence-corrected chi connectivity index (χ0v) is 12.6. The average molecular weight is 298 g/mol. The fraction of sp³-hybridized carbons (Fsp3) is 0.250. The molecule has 1 N–H and O–H groups in total. The molecule has 0 radical (unpaired) electrons. The van der Waals surface area contributed by atoms with E-state index in [0.717, 1.165) is 16.9 Å². The van der Waals surface area contributed by atoms with Crippen LogP contribution in [0.4, 0.5) is 6.01 Å². The largest absolute Gasteiger partial charge is 0.494 e. The van der Waals surface area contributed by atoms with Gasteiger partial charge in [0.1, 0.15) is 5.75 Å². The molecule has 0 spiro atoms. The van der Waals surface area contributed by atoms with Crippen molar-refractivity contribution in [1.29, 1.82) is 0 Å². The van der Waals surface area contributed by atoms with Gasteiger partial charge in [0.15, 0.2) is 0 Å². The molecule has 0 aliphatic rings. The highest BCUT2D eigenvalue weighted by Crippen LogP contribution is 2.22. The van der Waals surface area contributed by atoms with Crippen LogP contribution in [0, 0.1) is 0 Å². The van der Waals surface area contributed by atoms with Crippen LogP contribution < -0.4 is 10.1 Å². The number of benzene rings is 1. The SMILES string of the molecule is CCOc1ccc(-c2nnc(NCc3ccn(C)c3)o2)cc1. The maximum Gasteiger partial charge on any atom is 0.316 e. The van der Waals surface area contributed by atoms with E-state index in [0.29, 0.717) is 25.1 Å². The van der Waals surface area contributed by atoms with Gasteiger partial charge in [0.2, 0.25) is 5.89 Å². The van der Waals surface area contributed by atoms with Gasteiger partial charge < -0.3 is 19.0 Å². The van der Waals surface area contributed by atoms with Crippen molar-refractivity contribution in [2.45, 2.75) is 13.5 Å². The number of nitrogens with zero attached hydrogens (tertiary/aromatic N) is 3. The predicted molar refractivity (Wildman–Crippen MR) is 83.6 cm³/mol. The van der Waals surface area contributed by atoms with Crippen molar-refractivity contribution in [3.05, 3.63) is 48.3 Å². The molecule has 0 fully saturated rings. The summed E-state index contributed by atoms with van der Waals surface area (Å²) in [4.78, 5) is 0. The lowest BCUT2D eigenvalue weighted by molar-refractivity contribution is 0.340. The number of ether oxygens (including phenoxy) is 1. The number of anilines is 1. The molecular weight excluding hydrogens is 280 g/mol. The number of rotatable bonds is 6. The molecule has 1 aromatic carbocycles. The summed E-state index contributed by atoms with van der Waals surface area (Å²) in [6.07, 6.45) is 4.03. The summed E-state index contributed by atoms with van der Waals surface area (Å²) in [6.45, 7) is 3.25. The van der Waals surface area contributed by atoms with Gasteiger partial charge in [0.05, 0.1) is 6.61 Å². The third-order valence-electron chi connectivity index (χ3n) is 3.17. The number of aryl methyl sites for hydroxylation is 1. The van der Waals surface area contributed by atoms with E-state index >= 15 is 0 Å². The van der Waals surface area contributed by atoms with Crippen molar-refractivity contribution in [1.82, 2.24) is 14.8 Å². The fourth-order valence-electron chi connectivity index (χ4n) is 2.11. The monoisotopic (exact) mass is 298 g/mol. The maximum atomic E-state index is 5.62. The first-order valence-corrected chi connectivity index (χ1v) is 7.16. The summed E-state index contributed by atoms with van der Waals surface area (Å²) in [5, 5.41) is 11.2. The van der Waals surface area contributed by atoms with Crippen LogP contribution >= 0.6 is 0 Å². The highest BCUT2D eigenvalue weighted by Gasteiger charge is 2.08. The highest BCUT2D eigenvalue weighted by molar-refractivity contribution is 5.54. The molecule has 22 heavy (non-hydrogen) atoms. The molecule has 3 rings (SSSR count). The van der Waals surface area contributed by atoms with E-state index in [1.807, 2.05) is 61.3 Å². The second-order valence-electron chi connectivity index (χ2n) is 4.91. The quantitative estimate of drug-likeness (QED) is 0.757. The second-order valence-corrected chi connectivity index (χ2v) is 4.91. The van der Waals surface area contributed by atoms with Crippen molar-refractivity contribution in [2.75, 3.05) is 11.9 Å². The molecule has 6 nitrogen and oxygen atoms in total. The van der Waals surface area contributed by atoms with Crippen LogP contribution in [-0.4, -0.2) is 21.4 Å². The van der Waals surface area contributed by atoms with E-state index < -0.39 is 0 Å². The topological polar surface area (TPSA) is 65.1 Å². The van der Waals surface area contributed by atoms with Crippen molar-refractivity contribution in [3.8, 4) is 17.2 Å². The Hall–Kier alpha value is -2.76. The summed E-state index contributed by atoms with van der Waals surface area (Å²) in [7, 11) is 1.99. The second kappa shape index (κ2) is 6.34. The van der Waals surface area contributed by atoms with Gasteiger partial charge in [-0.2, -0.15) is 0 Å². The zero-order chi connectivity index (χ0) is 15.4. The van der Waals surface area contributed by atoms with Gasteiger partial charge in [-0.25, -0.2) is 0 Å². The van der Waals surface area contributed by atoms with Gasteiger partial charge in [0.25, 0.3) is 0 Å². The van der Waals surface area contributed by atoms with Gasteiger partial charge in [-0.15, -0.1) is 5.10 Å². The average Bonchev–Trinajstić information content (AvgIpc) is 3.15. The van der Waals surface area contributed by atoms with Crippen LogP contribution in [0.25, 0.3) is 11.5 Å². The lowest BCUT2D eigenvalue weighted by Crippen LogP contribution is -1.98. The van der Waals surface area contributed by atoms with Crippen LogP contribution in [0.3, 0.4) is 0 Å². The predicted octanol–water partition coefficient (Wildman–Crippen LogP) is 3.09. The van der Waals surface area contributed by atoms with E-state index in [4.69, 9.17) is 9.15 Å². The minimum absolute atomic E-state index is 0.410. The molecule has 3 aromatic rings. The summed E-state index contributed by atoms with van der Waals surface area (Å²) >= 11 is 0. The summed E-state index contributed by atoms with van der Waals surface area (Å²) < 4.78 is 13.0. The Morgan fingerprint density at radius 3 is 2.68 bits per heavy atom. The number of hydrogen-bond donors (Lipinski definition) is 1. The molecule has 114 valence electrons. The number of aromatic nitrogens is 3. The number of nitrogens with one attached hydrogen (secondary N) is 1. The Morgan fingerprint density at radius 2 is 2.00 bits per heavy atom. The van der Waals surface area contributed by atoms with E-state index in [2.05, 4.69) is 15.5 Å². The molecule has 0 unspecified atom stereocenters. The first kappa shape index (κ1) is 14.2. The summed E-state index contributed by atoms with van der Waals surface area (Å²) in [6, 6.07) is 10.0. The molecule has 0 aliphatic carbocycles. The number of hydrogen-bond acceptors (Lipinski definition) is 5. The van der Waals surface area contributed by atoms with Crippen molar-refractivity contribution >= 4 is 6.01 Å². The molecule has 0 amide bonds. The fourth-order valence-corrected chi connectivity index (χ4v) is 2.11. The van der Waals surface area contributed by atoms with Crippen LogP contribution in [-0.2, 0) is 13.6 Å². The normalized spacial score (nSPS) is 10.6. The van der Waals surface area contributed by atoms with Gasteiger partial charge in [-0.05, 0) is 42.8 Å². The van der Waals surface area contributed by atoms with E-state index in [9.17, 15) is 0 Å². The first-order valence-electron chi connectivity index (χ1n) is 7.16. The van der Waals surface area contributed by atoms with Crippen molar-refractivity contribution in [3.63, 3.8) is 0 Å². The molecular formula is C16H18N4O2. The molecule has 6 heteroatoms. The Morgan fingerprint density at radius 1 is 1.18 bits per heavy atom. The Kier molecular flexibility index (Phi) is 4.09. The van der Waals surface area contributed by atoms with E-state index in [1.165, 1.54) is 0 Å². The molecule has 0 saturated carbocycles. The van der Waals surface area contributed by atoms with Gasteiger partial charge >= 0.3 is 6.01 Å². The lowest BCUT2D eigenvalue weighted by atomic mass is 10.2. The molecule has 0 saturated heterocycles. The first-order chi connectivity index (χ1) is 10.7. The van der Waals surface area contributed by atoms with Crippen molar-refractivity contribution < 1.29 is 9.15 Å². The Balaban J connectivity index is 1.65. The van der Waals surface area contributed by atoms with Crippen LogP contribution in [0.5, 0.6) is 5.75 Å². The Labute approximate surface area is 128 Å². The standard InChI is InChI=1S/C16H18N4O2/c1-3-21-14-6-4-13(5-7-14)15-18-19-16(22-15)17-10-12-8-9-20(2)11-12/h4-9,11H,3,10H2,1-2H3,(H,17,19). The molecule has 0 bridgehead atoms. The van der Waals surface area contributed by atoms with E-state index in [-0.39, 0.29) is 0 Å². The van der Waals surface area contributed by atoms with Gasteiger partial charge in [-0.1, -0.05) is 5.10 Å². The van der Waals surface area contributed by atoms with E-state index in [1.54, 1.807) is 0 Å². The van der Waals surface area contributed by atoms with Crippen LogP contribution in [0.1, 0.15) is 12.5 Å².